The Balaban J connectivity index is 1.61. The summed E-state index contributed by atoms with van der Waals surface area (Å²) in [6.07, 6.45) is 4.90. The van der Waals surface area contributed by atoms with Gasteiger partial charge in [0.2, 0.25) is 0 Å². The van der Waals surface area contributed by atoms with Crippen molar-refractivity contribution in [1.82, 2.24) is 0 Å². The Kier molecular flexibility index (Phi) is 3.63. The summed E-state index contributed by atoms with van der Waals surface area (Å²) in [7, 11) is 0. The Hall–Kier alpha value is -2.54. The zero-order chi connectivity index (χ0) is 17.7. The molecule has 0 fully saturated rings. The topological polar surface area (TPSA) is 3.24 Å². The van der Waals surface area contributed by atoms with Gasteiger partial charge in [-0.25, -0.2) is 0 Å². The molecule has 1 heteroatoms. The lowest BCUT2D eigenvalue weighted by Crippen LogP contribution is -2.16. The number of anilines is 3. The summed E-state index contributed by atoms with van der Waals surface area (Å²) in [5.74, 6) is 0.561. The predicted octanol–water partition coefficient (Wildman–Crippen LogP) is 6.48. The summed E-state index contributed by atoms with van der Waals surface area (Å²) < 4.78 is 0. The van der Waals surface area contributed by atoms with Gasteiger partial charge in [-0.05, 0) is 95.8 Å². The van der Waals surface area contributed by atoms with Gasteiger partial charge < -0.3 is 4.90 Å². The van der Waals surface area contributed by atoms with E-state index in [1.807, 2.05) is 0 Å². The smallest absolute Gasteiger partial charge is 0.0464 e. The first-order valence-electron chi connectivity index (χ1n) is 9.83. The van der Waals surface area contributed by atoms with E-state index in [9.17, 15) is 0 Å². The molecule has 0 amide bonds. The van der Waals surface area contributed by atoms with Crippen LogP contribution in [0, 0.1) is 0 Å². The number of hydrogen-bond donors (Lipinski definition) is 0. The van der Waals surface area contributed by atoms with Crippen LogP contribution in [0.5, 0.6) is 0 Å². The average Bonchev–Trinajstić information content (AvgIpc) is 2.60. The van der Waals surface area contributed by atoms with Gasteiger partial charge in [0, 0.05) is 17.1 Å². The van der Waals surface area contributed by atoms with Crippen LogP contribution in [0.2, 0.25) is 0 Å². The zero-order valence-corrected chi connectivity index (χ0v) is 15.6. The third-order valence-corrected chi connectivity index (χ3v) is 6.04. The Labute approximate surface area is 156 Å². The molecule has 2 aliphatic carbocycles. The second-order valence-electron chi connectivity index (χ2n) is 7.99. The van der Waals surface area contributed by atoms with E-state index < -0.39 is 0 Å². The molecule has 0 aromatic heterocycles. The molecule has 0 atom stereocenters. The van der Waals surface area contributed by atoms with Crippen molar-refractivity contribution in [2.24, 2.45) is 0 Å². The van der Waals surface area contributed by atoms with Crippen LogP contribution in [0.1, 0.15) is 47.6 Å². The molecule has 0 aliphatic heterocycles. The van der Waals surface area contributed by atoms with Crippen LogP contribution in [0.15, 0.2) is 60.7 Å². The van der Waals surface area contributed by atoms with E-state index in [2.05, 4.69) is 79.4 Å². The van der Waals surface area contributed by atoms with E-state index in [1.54, 1.807) is 0 Å². The fourth-order valence-electron chi connectivity index (χ4n) is 4.10. The quantitative estimate of drug-likeness (QED) is 0.526. The summed E-state index contributed by atoms with van der Waals surface area (Å²) >= 11 is 0. The fourth-order valence-corrected chi connectivity index (χ4v) is 4.10. The molecule has 0 N–H and O–H groups in total. The highest BCUT2D eigenvalue weighted by Gasteiger charge is 2.20. The number of hydrogen-bond acceptors (Lipinski definition) is 1. The third kappa shape index (κ3) is 2.54. The monoisotopic (exact) mass is 339 g/mol. The molecule has 26 heavy (non-hydrogen) atoms. The van der Waals surface area contributed by atoms with Gasteiger partial charge >= 0.3 is 0 Å². The van der Waals surface area contributed by atoms with Crippen molar-refractivity contribution in [1.29, 1.82) is 0 Å². The highest BCUT2D eigenvalue weighted by atomic mass is 15.1. The van der Waals surface area contributed by atoms with Crippen LogP contribution >= 0.6 is 0 Å². The first-order chi connectivity index (χ1) is 12.7. The molecule has 2 aliphatic rings. The number of benzene rings is 3. The van der Waals surface area contributed by atoms with Gasteiger partial charge in [0.15, 0.2) is 0 Å². The zero-order valence-electron chi connectivity index (χ0n) is 15.6. The fraction of sp³-hybridized carbons (Fsp3) is 0.280. The Morgan fingerprint density at radius 3 is 1.42 bits per heavy atom. The summed E-state index contributed by atoms with van der Waals surface area (Å²) in [6.45, 7) is 4.50. The van der Waals surface area contributed by atoms with Gasteiger partial charge in [-0.3, -0.25) is 0 Å². The summed E-state index contributed by atoms with van der Waals surface area (Å²) in [4.78, 5) is 2.42. The molecular formula is C25H25N. The molecular weight excluding hydrogens is 314 g/mol. The molecule has 3 aromatic carbocycles. The maximum absolute atomic E-state index is 2.42. The van der Waals surface area contributed by atoms with Crippen LogP contribution in [-0.2, 0) is 25.7 Å². The summed E-state index contributed by atoms with van der Waals surface area (Å²) in [5.41, 5.74) is 11.2. The molecule has 0 bridgehead atoms. The molecule has 0 spiro atoms. The normalized spacial score (nSPS) is 14.3. The molecule has 0 radical (unpaired) electrons. The van der Waals surface area contributed by atoms with Gasteiger partial charge in [-0.15, -0.1) is 0 Å². The van der Waals surface area contributed by atoms with E-state index in [1.165, 1.54) is 70.6 Å². The molecule has 0 heterocycles. The standard InChI is InChI=1S/C25H25N/c1-17(2)18-7-11-23(12-8-18)26(24-13-9-19-3-5-21(19)15-24)25-14-10-20-4-6-22(20)16-25/h7-17H,3-6H2,1-2H3. The predicted molar refractivity (Wildman–Crippen MR) is 110 cm³/mol. The number of fused-ring (bicyclic) bond motifs is 2. The first-order valence-corrected chi connectivity index (χ1v) is 9.83. The van der Waals surface area contributed by atoms with Gasteiger partial charge in [0.1, 0.15) is 0 Å². The maximum Gasteiger partial charge on any atom is 0.0464 e. The van der Waals surface area contributed by atoms with Crippen LogP contribution in [0.4, 0.5) is 17.1 Å². The van der Waals surface area contributed by atoms with Gasteiger partial charge in [0.05, 0.1) is 0 Å². The minimum Gasteiger partial charge on any atom is -0.310 e. The molecule has 3 aromatic rings. The number of nitrogens with zero attached hydrogens (tertiary/aromatic N) is 1. The lowest BCUT2D eigenvalue weighted by Gasteiger charge is -2.30. The lowest BCUT2D eigenvalue weighted by atomic mass is 9.87. The first kappa shape index (κ1) is 15.7. The minimum absolute atomic E-state index is 0.561. The van der Waals surface area contributed by atoms with Crippen molar-refractivity contribution >= 4 is 17.1 Å². The van der Waals surface area contributed by atoms with Crippen LogP contribution in [0.3, 0.4) is 0 Å². The molecule has 0 saturated heterocycles. The van der Waals surface area contributed by atoms with Crippen molar-refractivity contribution in [2.75, 3.05) is 4.90 Å². The molecule has 0 saturated carbocycles. The van der Waals surface area contributed by atoms with E-state index in [0.717, 1.165) is 0 Å². The van der Waals surface area contributed by atoms with Crippen molar-refractivity contribution in [3.63, 3.8) is 0 Å². The Morgan fingerprint density at radius 1 is 0.577 bits per heavy atom. The maximum atomic E-state index is 2.42. The number of aryl methyl sites for hydroxylation is 4. The van der Waals surface area contributed by atoms with Gasteiger partial charge in [-0.1, -0.05) is 38.1 Å². The summed E-state index contributed by atoms with van der Waals surface area (Å²) in [6, 6.07) is 23.0. The number of rotatable bonds is 4. The second kappa shape index (κ2) is 6.02. The second-order valence-corrected chi connectivity index (χ2v) is 7.99. The summed E-state index contributed by atoms with van der Waals surface area (Å²) in [5, 5.41) is 0. The van der Waals surface area contributed by atoms with Crippen molar-refractivity contribution in [3.05, 3.63) is 88.5 Å². The molecule has 130 valence electrons. The van der Waals surface area contributed by atoms with E-state index in [4.69, 9.17) is 0 Å². The van der Waals surface area contributed by atoms with Crippen LogP contribution in [0.25, 0.3) is 0 Å². The van der Waals surface area contributed by atoms with Crippen molar-refractivity contribution < 1.29 is 0 Å². The van der Waals surface area contributed by atoms with Crippen LogP contribution < -0.4 is 4.90 Å². The van der Waals surface area contributed by atoms with Gasteiger partial charge in [0.25, 0.3) is 0 Å². The lowest BCUT2D eigenvalue weighted by molar-refractivity contribution is 0.836. The van der Waals surface area contributed by atoms with E-state index >= 15 is 0 Å². The highest BCUT2D eigenvalue weighted by Crippen LogP contribution is 2.39. The van der Waals surface area contributed by atoms with E-state index in [0.29, 0.717) is 5.92 Å². The largest absolute Gasteiger partial charge is 0.310 e. The van der Waals surface area contributed by atoms with Crippen LogP contribution in [-0.4, -0.2) is 0 Å². The molecule has 5 rings (SSSR count). The van der Waals surface area contributed by atoms with Crippen molar-refractivity contribution in [2.45, 2.75) is 45.4 Å². The molecule has 1 nitrogen and oxygen atoms in total. The average molecular weight is 339 g/mol. The van der Waals surface area contributed by atoms with Crippen molar-refractivity contribution in [3.8, 4) is 0 Å². The Bertz CT molecular complexity index is 910. The SMILES string of the molecule is CC(C)c1ccc(N(c2ccc3c(c2)CC3)c2ccc3c(c2)CC3)cc1. The third-order valence-electron chi connectivity index (χ3n) is 6.04. The molecule has 0 unspecified atom stereocenters. The minimum atomic E-state index is 0.561. The van der Waals surface area contributed by atoms with Gasteiger partial charge in [-0.2, -0.15) is 0 Å². The van der Waals surface area contributed by atoms with E-state index in [-0.39, 0.29) is 0 Å². The highest BCUT2D eigenvalue weighted by molar-refractivity contribution is 5.78. The Morgan fingerprint density at radius 2 is 1.04 bits per heavy atom.